The molecule has 140 valence electrons. The number of non-ortho nitro benzene ring substituents is 1. The van der Waals surface area contributed by atoms with E-state index in [4.69, 9.17) is 4.42 Å². The van der Waals surface area contributed by atoms with Crippen molar-refractivity contribution in [2.45, 2.75) is 0 Å². The molecular formula is C22H14N4O3. The van der Waals surface area contributed by atoms with E-state index in [2.05, 4.69) is 22.3 Å². The van der Waals surface area contributed by atoms with Crippen molar-refractivity contribution in [3.05, 3.63) is 94.0 Å². The van der Waals surface area contributed by atoms with Crippen LogP contribution in [0.4, 0.5) is 23.1 Å². The maximum Gasteiger partial charge on any atom is 0.327 e. The molecule has 29 heavy (non-hydrogen) atoms. The molecule has 0 amide bonds. The minimum Gasteiger partial charge on any atom is -0.403 e. The van der Waals surface area contributed by atoms with Crippen molar-refractivity contribution in [1.29, 1.82) is 0 Å². The first-order chi connectivity index (χ1) is 14.2. The van der Waals surface area contributed by atoms with E-state index in [-0.39, 0.29) is 5.69 Å². The van der Waals surface area contributed by atoms with Crippen LogP contribution < -0.4 is 4.90 Å². The summed E-state index contributed by atoms with van der Waals surface area (Å²) in [6, 6.07) is 22.3. The summed E-state index contributed by atoms with van der Waals surface area (Å²) in [5, 5.41) is 19.3. The van der Waals surface area contributed by atoms with Gasteiger partial charge in [0.2, 0.25) is 5.89 Å². The molecule has 1 aliphatic rings. The second-order valence-corrected chi connectivity index (χ2v) is 6.48. The van der Waals surface area contributed by atoms with Gasteiger partial charge in [0.15, 0.2) is 0 Å². The Kier molecular flexibility index (Phi) is 3.91. The van der Waals surface area contributed by atoms with E-state index in [0.29, 0.717) is 17.5 Å². The Morgan fingerprint density at radius 1 is 0.793 bits per heavy atom. The molecule has 4 aromatic rings. The summed E-state index contributed by atoms with van der Waals surface area (Å²) in [5.41, 5.74) is 4.52. The largest absolute Gasteiger partial charge is 0.403 e. The Morgan fingerprint density at radius 2 is 1.38 bits per heavy atom. The van der Waals surface area contributed by atoms with Gasteiger partial charge in [0, 0.05) is 17.7 Å². The van der Waals surface area contributed by atoms with E-state index in [1.807, 2.05) is 53.4 Å². The van der Waals surface area contributed by atoms with Gasteiger partial charge in [-0.15, -0.1) is 5.10 Å². The maximum atomic E-state index is 10.9. The zero-order chi connectivity index (χ0) is 19.8. The third-order valence-electron chi connectivity index (χ3n) is 4.73. The monoisotopic (exact) mass is 382 g/mol. The Balaban J connectivity index is 1.61. The molecule has 0 unspecified atom stereocenters. The molecule has 1 aliphatic heterocycles. The maximum absolute atomic E-state index is 10.9. The van der Waals surface area contributed by atoms with Gasteiger partial charge in [0.1, 0.15) is 0 Å². The molecule has 0 atom stereocenters. The highest BCUT2D eigenvalue weighted by Crippen LogP contribution is 2.41. The quantitative estimate of drug-likeness (QED) is 0.298. The van der Waals surface area contributed by atoms with Crippen LogP contribution in [0.1, 0.15) is 11.1 Å². The van der Waals surface area contributed by atoms with Crippen molar-refractivity contribution in [1.82, 2.24) is 10.2 Å². The summed E-state index contributed by atoms with van der Waals surface area (Å²) in [6.07, 6.45) is 4.11. The fraction of sp³-hybridized carbons (Fsp3) is 0. The second kappa shape index (κ2) is 6.72. The first-order valence-electron chi connectivity index (χ1n) is 8.95. The third kappa shape index (κ3) is 2.94. The van der Waals surface area contributed by atoms with Gasteiger partial charge in [-0.05, 0) is 35.4 Å². The Bertz CT molecular complexity index is 1200. The van der Waals surface area contributed by atoms with Crippen molar-refractivity contribution < 1.29 is 9.34 Å². The number of benzene rings is 3. The molecular weight excluding hydrogens is 368 g/mol. The molecule has 0 fully saturated rings. The highest BCUT2D eigenvalue weighted by molar-refractivity contribution is 5.91. The van der Waals surface area contributed by atoms with E-state index in [9.17, 15) is 10.1 Å². The fourth-order valence-corrected chi connectivity index (χ4v) is 3.33. The summed E-state index contributed by atoms with van der Waals surface area (Å²) in [6.45, 7) is 0. The average molecular weight is 382 g/mol. The highest BCUT2D eigenvalue weighted by atomic mass is 16.6. The van der Waals surface area contributed by atoms with Crippen molar-refractivity contribution in [2.75, 3.05) is 4.90 Å². The van der Waals surface area contributed by atoms with Crippen molar-refractivity contribution in [2.24, 2.45) is 0 Å². The number of nitro groups is 1. The summed E-state index contributed by atoms with van der Waals surface area (Å²) >= 11 is 0. The molecule has 0 N–H and O–H groups in total. The minimum atomic E-state index is -0.443. The average Bonchev–Trinajstić information content (AvgIpc) is 3.17. The van der Waals surface area contributed by atoms with Crippen molar-refractivity contribution in [3.8, 4) is 11.5 Å². The molecule has 0 saturated heterocycles. The lowest BCUT2D eigenvalue weighted by molar-refractivity contribution is -0.384. The Labute approximate surface area is 165 Å². The van der Waals surface area contributed by atoms with Crippen LogP contribution in [0, 0.1) is 10.1 Å². The molecule has 0 aliphatic carbocycles. The molecule has 7 heteroatoms. The van der Waals surface area contributed by atoms with Gasteiger partial charge < -0.3 is 4.42 Å². The van der Waals surface area contributed by atoms with Crippen LogP contribution in [-0.2, 0) is 0 Å². The normalized spacial score (nSPS) is 12.2. The Morgan fingerprint density at radius 3 is 1.97 bits per heavy atom. The molecule has 7 nitrogen and oxygen atoms in total. The lowest BCUT2D eigenvalue weighted by Gasteiger charge is -2.22. The smallest absolute Gasteiger partial charge is 0.327 e. The minimum absolute atomic E-state index is 0.00920. The van der Waals surface area contributed by atoms with Crippen LogP contribution in [0.15, 0.2) is 77.2 Å². The van der Waals surface area contributed by atoms with Crippen molar-refractivity contribution in [3.63, 3.8) is 0 Å². The van der Waals surface area contributed by atoms with Gasteiger partial charge in [-0.2, -0.15) is 0 Å². The van der Waals surface area contributed by atoms with E-state index in [1.165, 1.54) is 12.1 Å². The van der Waals surface area contributed by atoms with Crippen LogP contribution in [0.2, 0.25) is 0 Å². The second-order valence-electron chi connectivity index (χ2n) is 6.48. The summed E-state index contributed by atoms with van der Waals surface area (Å²) < 4.78 is 5.98. The standard InChI is InChI=1S/C22H14N4O3/c27-26(28)18-13-11-17(12-14-18)21-23-24-22(29-21)25-19-7-3-1-5-15(19)9-10-16-6-2-4-8-20(16)25/h1-14H. The van der Waals surface area contributed by atoms with E-state index in [0.717, 1.165) is 22.5 Å². The van der Waals surface area contributed by atoms with E-state index in [1.54, 1.807) is 12.1 Å². The van der Waals surface area contributed by atoms with Crippen molar-refractivity contribution >= 4 is 35.2 Å². The zero-order valence-electron chi connectivity index (χ0n) is 15.1. The van der Waals surface area contributed by atoms with Crippen LogP contribution in [0.3, 0.4) is 0 Å². The Hall–Kier alpha value is -4.26. The van der Waals surface area contributed by atoms with Gasteiger partial charge in [0.25, 0.3) is 5.69 Å². The molecule has 2 heterocycles. The molecule has 1 aromatic heterocycles. The third-order valence-corrected chi connectivity index (χ3v) is 4.73. The summed E-state index contributed by atoms with van der Waals surface area (Å²) in [7, 11) is 0. The van der Waals surface area contributed by atoms with Crippen LogP contribution >= 0.6 is 0 Å². The van der Waals surface area contributed by atoms with Gasteiger partial charge in [-0.25, -0.2) is 0 Å². The molecule has 0 bridgehead atoms. The highest BCUT2D eigenvalue weighted by Gasteiger charge is 2.24. The van der Waals surface area contributed by atoms with E-state index < -0.39 is 4.92 Å². The van der Waals surface area contributed by atoms with Gasteiger partial charge >= 0.3 is 6.01 Å². The molecule has 0 radical (unpaired) electrons. The molecule has 0 spiro atoms. The first-order valence-corrected chi connectivity index (χ1v) is 8.95. The molecule has 5 rings (SSSR count). The number of aromatic nitrogens is 2. The lowest BCUT2D eigenvalue weighted by Crippen LogP contribution is -2.12. The topological polar surface area (TPSA) is 85.3 Å². The number of nitro benzene ring substituents is 1. The van der Waals surface area contributed by atoms with Crippen LogP contribution in [0.5, 0.6) is 0 Å². The SMILES string of the molecule is O=[N+]([O-])c1ccc(-c2nnc(N3c4ccccc4C=Cc4ccccc43)o2)cc1. The van der Waals surface area contributed by atoms with Gasteiger partial charge in [-0.3, -0.25) is 15.0 Å². The summed E-state index contributed by atoms with van der Waals surface area (Å²) in [5.74, 6) is 0.294. The number of nitrogens with zero attached hydrogens (tertiary/aromatic N) is 4. The van der Waals surface area contributed by atoms with Crippen LogP contribution in [-0.4, -0.2) is 15.1 Å². The number of para-hydroxylation sites is 2. The summed E-state index contributed by atoms with van der Waals surface area (Å²) in [4.78, 5) is 12.3. The number of anilines is 3. The fourth-order valence-electron chi connectivity index (χ4n) is 3.33. The van der Waals surface area contributed by atoms with Gasteiger partial charge in [0.05, 0.1) is 16.3 Å². The predicted molar refractivity (Wildman–Crippen MR) is 110 cm³/mol. The number of hydrogen-bond acceptors (Lipinski definition) is 6. The number of hydrogen-bond donors (Lipinski definition) is 0. The first kappa shape index (κ1) is 16.9. The molecule has 3 aromatic carbocycles. The zero-order valence-corrected chi connectivity index (χ0v) is 15.1. The predicted octanol–water partition coefficient (Wildman–Crippen LogP) is 5.60. The van der Waals surface area contributed by atoms with Crippen LogP contribution in [0.25, 0.3) is 23.6 Å². The molecule has 0 saturated carbocycles. The lowest BCUT2D eigenvalue weighted by atomic mass is 10.1. The number of rotatable bonds is 3. The van der Waals surface area contributed by atoms with E-state index >= 15 is 0 Å². The van der Waals surface area contributed by atoms with Gasteiger partial charge in [-0.1, -0.05) is 53.6 Å². The number of fused-ring (bicyclic) bond motifs is 2.